The number of benzene rings is 1. The molecule has 3 rings (SSSR count). The van der Waals surface area contributed by atoms with Crippen molar-refractivity contribution >= 4 is 17.5 Å². The van der Waals surface area contributed by atoms with Gasteiger partial charge in [-0.25, -0.2) is 0 Å². The van der Waals surface area contributed by atoms with E-state index < -0.39 is 0 Å². The molecule has 112 valence electrons. The van der Waals surface area contributed by atoms with E-state index in [1.165, 1.54) is 0 Å². The van der Waals surface area contributed by atoms with E-state index in [1.807, 2.05) is 18.2 Å². The third-order valence-corrected chi connectivity index (χ3v) is 4.13. The summed E-state index contributed by atoms with van der Waals surface area (Å²) in [5.74, 6) is 0.0845. The van der Waals surface area contributed by atoms with E-state index in [1.54, 1.807) is 11.0 Å². The van der Waals surface area contributed by atoms with Crippen molar-refractivity contribution in [1.82, 2.24) is 10.6 Å². The number of rotatable bonds is 3. The Hall–Kier alpha value is -1.88. The fraction of sp³-hybridized carbons (Fsp3) is 0.500. The standard InChI is InChI=1S/C16H21N3O2/c20-15-7-3-9-19(15)14-6-1-4-12(10-14)16(21)18-13-5-2-8-17-11-13/h1,4,6,10,13,17H,2-3,5,7-9,11H2,(H,18,21). The summed E-state index contributed by atoms with van der Waals surface area (Å²) in [6.07, 6.45) is 3.60. The summed E-state index contributed by atoms with van der Waals surface area (Å²) in [5.41, 5.74) is 1.45. The fourth-order valence-corrected chi connectivity index (χ4v) is 2.98. The molecule has 0 bridgehead atoms. The Labute approximate surface area is 124 Å². The van der Waals surface area contributed by atoms with Crippen LogP contribution in [-0.4, -0.2) is 37.5 Å². The van der Waals surface area contributed by atoms with Gasteiger partial charge in [0.1, 0.15) is 0 Å². The van der Waals surface area contributed by atoms with Gasteiger partial charge in [-0.15, -0.1) is 0 Å². The molecule has 21 heavy (non-hydrogen) atoms. The van der Waals surface area contributed by atoms with E-state index in [-0.39, 0.29) is 17.9 Å². The first kappa shape index (κ1) is 14.1. The molecule has 2 N–H and O–H groups in total. The molecule has 1 unspecified atom stereocenters. The largest absolute Gasteiger partial charge is 0.348 e. The van der Waals surface area contributed by atoms with Crippen LogP contribution in [0.15, 0.2) is 24.3 Å². The molecule has 5 nitrogen and oxygen atoms in total. The first-order valence-corrected chi connectivity index (χ1v) is 7.66. The Bertz CT molecular complexity index is 538. The van der Waals surface area contributed by atoms with Gasteiger partial charge < -0.3 is 15.5 Å². The van der Waals surface area contributed by atoms with Crippen LogP contribution in [0.2, 0.25) is 0 Å². The predicted octanol–water partition coefficient (Wildman–Crippen LogP) is 1.30. The molecule has 2 heterocycles. The van der Waals surface area contributed by atoms with Crippen molar-refractivity contribution in [2.24, 2.45) is 0 Å². The highest BCUT2D eigenvalue weighted by Crippen LogP contribution is 2.22. The van der Waals surface area contributed by atoms with Crippen molar-refractivity contribution in [2.75, 3.05) is 24.5 Å². The lowest BCUT2D eigenvalue weighted by Gasteiger charge is -2.24. The first-order chi connectivity index (χ1) is 10.2. The number of amides is 2. The minimum Gasteiger partial charge on any atom is -0.348 e. The summed E-state index contributed by atoms with van der Waals surface area (Å²) < 4.78 is 0. The Balaban J connectivity index is 1.69. The third kappa shape index (κ3) is 3.24. The molecule has 1 aromatic carbocycles. The van der Waals surface area contributed by atoms with Gasteiger partial charge in [0.05, 0.1) is 0 Å². The predicted molar refractivity (Wildman–Crippen MR) is 81.4 cm³/mol. The van der Waals surface area contributed by atoms with Crippen LogP contribution in [-0.2, 0) is 4.79 Å². The molecule has 2 aliphatic heterocycles. The number of carbonyl (C=O) groups excluding carboxylic acids is 2. The number of piperidine rings is 1. The van der Waals surface area contributed by atoms with Gasteiger partial charge in [-0.2, -0.15) is 0 Å². The van der Waals surface area contributed by atoms with Gasteiger partial charge >= 0.3 is 0 Å². The Morgan fingerprint density at radius 2 is 2.24 bits per heavy atom. The van der Waals surface area contributed by atoms with E-state index in [0.717, 1.165) is 44.6 Å². The molecule has 2 saturated heterocycles. The minimum absolute atomic E-state index is 0.0582. The van der Waals surface area contributed by atoms with Gasteiger partial charge in [-0.3, -0.25) is 9.59 Å². The zero-order valence-corrected chi connectivity index (χ0v) is 12.1. The van der Waals surface area contributed by atoms with E-state index in [2.05, 4.69) is 10.6 Å². The van der Waals surface area contributed by atoms with Crippen LogP contribution in [0.4, 0.5) is 5.69 Å². The van der Waals surface area contributed by atoms with Crippen LogP contribution in [0.25, 0.3) is 0 Å². The van der Waals surface area contributed by atoms with Crippen LogP contribution < -0.4 is 15.5 Å². The number of carbonyl (C=O) groups is 2. The van der Waals surface area contributed by atoms with Crippen molar-refractivity contribution in [3.05, 3.63) is 29.8 Å². The van der Waals surface area contributed by atoms with Crippen molar-refractivity contribution in [1.29, 1.82) is 0 Å². The average Bonchev–Trinajstić information content (AvgIpc) is 2.94. The maximum Gasteiger partial charge on any atom is 0.251 e. The summed E-state index contributed by atoms with van der Waals surface area (Å²) in [6, 6.07) is 7.55. The summed E-state index contributed by atoms with van der Waals surface area (Å²) in [6.45, 7) is 2.60. The molecule has 0 radical (unpaired) electrons. The zero-order valence-electron chi connectivity index (χ0n) is 12.1. The van der Waals surface area contributed by atoms with Gasteiger partial charge in [0.2, 0.25) is 5.91 Å². The van der Waals surface area contributed by atoms with Gasteiger partial charge in [0, 0.05) is 36.8 Å². The molecule has 0 aliphatic carbocycles. The molecule has 1 aromatic rings. The molecular formula is C16H21N3O2. The molecule has 1 atom stereocenters. The fourth-order valence-electron chi connectivity index (χ4n) is 2.98. The van der Waals surface area contributed by atoms with Crippen molar-refractivity contribution < 1.29 is 9.59 Å². The number of nitrogens with one attached hydrogen (secondary N) is 2. The number of anilines is 1. The van der Waals surface area contributed by atoms with Crippen molar-refractivity contribution in [3.8, 4) is 0 Å². The van der Waals surface area contributed by atoms with Crippen LogP contribution in [0.3, 0.4) is 0 Å². The van der Waals surface area contributed by atoms with Crippen LogP contribution >= 0.6 is 0 Å². The Morgan fingerprint density at radius 1 is 1.33 bits per heavy atom. The highest BCUT2D eigenvalue weighted by Gasteiger charge is 2.23. The van der Waals surface area contributed by atoms with Gasteiger partial charge in [-0.05, 0) is 44.0 Å². The summed E-state index contributed by atoms with van der Waals surface area (Å²) >= 11 is 0. The lowest BCUT2D eigenvalue weighted by atomic mass is 10.1. The monoisotopic (exact) mass is 287 g/mol. The minimum atomic E-state index is -0.0582. The van der Waals surface area contributed by atoms with Gasteiger partial charge in [0.15, 0.2) is 0 Å². The Morgan fingerprint density at radius 3 is 2.95 bits per heavy atom. The molecule has 0 aromatic heterocycles. The van der Waals surface area contributed by atoms with Gasteiger partial charge in [0.25, 0.3) is 5.91 Å². The normalized spacial score (nSPS) is 22.4. The maximum atomic E-state index is 12.3. The lowest BCUT2D eigenvalue weighted by molar-refractivity contribution is -0.117. The summed E-state index contributed by atoms with van der Waals surface area (Å²) in [5, 5.41) is 6.35. The first-order valence-electron chi connectivity index (χ1n) is 7.66. The van der Waals surface area contributed by atoms with E-state index in [4.69, 9.17) is 0 Å². The SMILES string of the molecule is O=C(NC1CCCNC1)c1cccc(N2CCCC2=O)c1. The second-order valence-corrected chi connectivity index (χ2v) is 5.72. The third-order valence-electron chi connectivity index (χ3n) is 4.13. The number of hydrogen-bond donors (Lipinski definition) is 2. The maximum absolute atomic E-state index is 12.3. The van der Waals surface area contributed by atoms with Gasteiger partial charge in [-0.1, -0.05) is 6.07 Å². The van der Waals surface area contributed by atoms with E-state index in [0.29, 0.717) is 12.0 Å². The Kier molecular flexibility index (Phi) is 4.20. The molecule has 2 aliphatic rings. The second kappa shape index (κ2) is 6.26. The summed E-state index contributed by atoms with van der Waals surface area (Å²) in [7, 11) is 0. The van der Waals surface area contributed by atoms with E-state index >= 15 is 0 Å². The molecule has 5 heteroatoms. The average molecular weight is 287 g/mol. The molecule has 0 spiro atoms. The van der Waals surface area contributed by atoms with Crippen molar-refractivity contribution in [2.45, 2.75) is 31.7 Å². The number of hydrogen-bond acceptors (Lipinski definition) is 3. The molecular weight excluding hydrogens is 266 g/mol. The van der Waals surface area contributed by atoms with E-state index in [9.17, 15) is 9.59 Å². The van der Waals surface area contributed by atoms with Crippen molar-refractivity contribution in [3.63, 3.8) is 0 Å². The number of nitrogens with zero attached hydrogens (tertiary/aromatic N) is 1. The quantitative estimate of drug-likeness (QED) is 0.881. The molecule has 0 saturated carbocycles. The van der Waals surface area contributed by atoms with Crippen LogP contribution in [0.5, 0.6) is 0 Å². The van der Waals surface area contributed by atoms with Crippen LogP contribution in [0.1, 0.15) is 36.0 Å². The second-order valence-electron chi connectivity index (χ2n) is 5.72. The summed E-state index contributed by atoms with van der Waals surface area (Å²) in [4.78, 5) is 25.9. The topological polar surface area (TPSA) is 61.4 Å². The highest BCUT2D eigenvalue weighted by atomic mass is 16.2. The smallest absolute Gasteiger partial charge is 0.251 e. The lowest BCUT2D eigenvalue weighted by Crippen LogP contribution is -2.45. The molecule has 2 fully saturated rings. The zero-order chi connectivity index (χ0) is 14.7. The van der Waals surface area contributed by atoms with Crippen LogP contribution in [0, 0.1) is 0 Å². The molecule has 2 amide bonds. The highest BCUT2D eigenvalue weighted by molar-refractivity contribution is 5.99.